The lowest BCUT2D eigenvalue weighted by Gasteiger charge is -2.15. The molecule has 7 nitrogen and oxygen atoms in total. The van der Waals surface area contributed by atoms with Crippen molar-refractivity contribution in [2.75, 3.05) is 0 Å². The van der Waals surface area contributed by atoms with E-state index in [-0.39, 0.29) is 43.4 Å². The zero-order valence-corrected chi connectivity index (χ0v) is 15.2. The van der Waals surface area contributed by atoms with E-state index in [0.29, 0.717) is 6.42 Å². The van der Waals surface area contributed by atoms with Gasteiger partial charge in [-0.3, -0.25) is 14.4 Å². The molecule has 0 unspecified atom stereocenters. The van der Waals surface area contributed by atoms with Crippen LogP contribution < -0.4 is 10.6 Å². The van der Waals surface area contributed by atoms with Crippen molar-refractivity contribution in [1.29, 1.82) is 0 Å². The Morgan fingerprint density at radius 2 is 1.54 bits per heavy atom. The molecule has 3 N–H and O–H groups in total. The van der Waals surface area contributed by atoms with Crippen LogP contribution in [0.4, 0.5) is 0 Å². The number of carboxylic acids is 1. The highest BCUT2D eigenvalue weighted by molar-refractivity contribution is 5.87. The Balaban J connectivity index is 2.40. The van der Waals surface area contributed by atoms with Crippen LogP contribution in [-0.2, 0) is 19.2 Å². The number of ketones is 1. The summed E-state index contributed by atoms with van der Waals surface area (Å²) in [5.41, 5.74) is 0.955. The van der Waals surface area contributed by atoms with Crippen LogP contribution in [0.5, 0.6) is 0 Å². The summed E-state index contributed by atoms with van der Waals surface area (Å²) in [5, 5.41) is 14.3. The molecule has 2 amide bonds. The summed E-state index contributed by atoms with van der Waals surface area (Å²) in [4.78, 5) is 46.3. The topological polar surface area (TPSA) is 113 Å². The fourth-order valence-electron chi connectivity index (χ4n) is 2.37. The largest absolute Gasteiger partial charge is 0.480 e. The first-order chi connectivity index (χ1) is 12.3. The Hall–Kier alpha value is -2.70. The van der Waals surface area contributed by atoms with Gasteiger partial charge in [0.1, 0.15) is 11.8 Å². The van der Waals surface area contributed by atoms with Crippen LogP contribution in [-0.4, -0.2) is 34.7 Å². The van der Waals surface area contributed by atoms with Crippen molar-refractivity contribution in [1.82, 2.24) is 10.6 Å². The zero-order valence-electron chi connectivity index (χ0n) is 15.2. The van der Waals surface area contributed by atoms with Crippen LogP contribution in [0.1, 0.15) is 57.6 Å². The molecule has 26 heavy (non-hydrogen) atoms. The average Bonchev–Trinajstić information content (AvgIpc) is 2.63. The summed E-state index contributed by atoms with van der Waals surface area (Å²) in [6, 6.07) is 8.12. The molecule has 0 spiro atoms. The predicted molar refractivity (Wildman–Crippen MR) is 96.3 cm³/mol. The van der Waals surface area contributed by atoms with Gasteiger partial charge in [0.05, 0.1) is 6.04 Å². The lowest BCUT2D eigenvalue weighted by molar-refractivity contribution is -0.142. The molecular weight excluding hydrogens is 336 g/mol. The maximum Gasteiger partial charge on any atom is 0.326 e. The predicted octanol–water partition coefficient (Wildman–Crippen LogP) is 1.97. The number of amides is 2. The molecule has 0 saturated carbocycles. The molecule has 0 radical (unpaired) electrons. The summed E-state index contributed by atoms with van der Waals surface area (Å²) in [7, 11) is 0. The number of carboxylic acid groups (broad SMARTS) is 1. The Morgan fingerprint density at radius 3 is 2.08 bits per heavy atom. The molecule has 0 aliphatic heterocycles. The van der Waals surface area contributed by atoms with Crippen molar-refractivity contribution in [2.45, 2.75) is 58.0 Å². The van der Waals surface area contributed by atoms with Crippen LogP contribution >= 0.6 is 0 Å². The van der Waals surface area contributed by atoms with Gasteiger partial charge in [-0.25, -0.2) is 4.79 Å². The number of benzene rings is 1. The maximum atomic E-state index is 12.0. The van der Waals surface area contributed by atoms with Gasteiger partial charge >= 0.3 is 5.97 Å². The number of hydrogen-bond donors (Lipinski definition) is 3. The number of Topliss-reactive ketones (excluding diaryl/α,β-unsaturated/α-hetero) is 1. The number of hydrogen-bond acceptors (Lipinski definition) is 4. The molecule has 2 atom stereocenters. The van der Waals surface area contributed by atoms with E-state index >= 15 is 0 Å². The molecule has 142 valence electrons. The summed E-state index contributed by atoms with van der Waals surface area (Å²) >= 11 is 0. The third-order valence-electron chi connectivity index (χ3n) is 4.00. The van der Waals surface area contributed by atoms with Gasteiger partial charge < -0.3 is 15.7 Å². The lowest BCUT2D eigenvalue weighted by atomic mass is 10.1. The monoisotopic (exact) mass is 362 g/mol. The van der Waals surface area contributed by atoms with Gasteiger partial charge in [0.25, 0.3) is 0 Å². The second-order valence-electron chi connectivity index (χ2n) is 6.09. The number of carbonyl (C=O) groups excluding carboxylic acids is 3. The van der Waals surface area contributed by atoms with E-state index in [9.17, 15) is 19.2 Å². The molecule has 0 saturated heterocycles. The maximum absolute atomic E-state index is 12.0. The minimum atomic E-state index is -1.19. The highest BCUT2D eigenvalue weighted by atomic mass is 16.4. The van der Waals surface area contributed by atoms with Crippen LogP contribution in [0.15, 0.2) is 30.3 Å². The smallest absolute Gasteiger partial charge is 0.326 e. The van der Waals surface area contributed by atoms with Crippen molar-refractivity contribution >= 4 is 23.6 Å². The van der Waals surface area contributed by atoms with Crippen molar-refractivity contribution in [2.24, 2.45) is 0 Å². The molecule has 0 bridgehead atoms. The lowest BCUT2D eigenvalue weighted by Crippen LogP contribution is -2.41. The van der Waals surface area contributed by atoms with Crippen molar-refractivity contribution in [3.63, 3.8) is 0 Å². The summed E-state index contributed by atoms with van der Waals surface area (Å²) in [6.07, 6.45) is 0.329. The highest BCUT2D eigenvalue weighted by Gasteiger charge is 2.21. The quantitative estimate of drug-likeness (QED) is 0.557. The van der Waals surface area contributed by atoms with Gasteiger partial charge in [0.2, 0.25) is 11.8 Å². The summed E-state index contributed by atoms with van der Waals surface area (Å²) in [5.74, 6) is -2.06. The van der Waals surface area contributed by atoms with Gasteiger partial charge in [-0.2, -0.15) is 0 Å². The second-order valence-corrected chi connectivity index (χ2v) is 6.09. The standard InChI is InChI=1S/C19H26N2O5/c1-3-15(22)9-10-16(19(25)26)21-18(24)12-11-17(23)20-13(2)14-7-5-4-6-8-14/h4-8,13,16H,3,9-12H2,1-2H3,(H,20,23)(H,21,24)(H,25,26)/t13-,16+/m1/s1. The first kappa shape index (κ1) is 21.3. The van der Waals surface area contributed by atoms with E-state index in [0.717, 1.165) is 5.56 Å². The molecule has 1 aromatic carbocycles. The fraction of sp³-hybridized carbons (Fsp3) is 0.474. The Labute approximate surface area is 153 Å². The molecule has 0 fully saturated rings. The molecule has 0 aliphatic carbocycles. The van der Waals surface area contributed by atoms with Crippen molar-refractivity contribution in [3.05, 3.63) is 35.9 Å². The molecule has 0 aliphatic rings. The van der Waals surface area contributed by atoms with E-state index in [4.69, 9.17) is 5.11 Å². The third kappa shape index (κ3) is 7.92. The van der Waals surface area contributed by atoms with E-state index in [1.165, 1.54) is 0 Å². The van der Waals surface area contributed by atoms with Gasteiger partial charge in [-0.05, 0) is 18.9 Å². The van der Waals surface area contributed by atoms with Crippen molar-refractivity contribution in [3.8, 4) is 0 Å². The molecular formula is C19H26N2O5. The first-order valence-corrected chi connectivity index (χ1v) is 8.71. The zero-order chi connectivity index (χ0) is 19.5. The van der Waals surface area contributed by atoms with Crippen LogP contribution in [0.25, 0.3) is 0 Å². The summed E-state index contributed by atoms with van der Waals surface area (Å²) < 4.78 is 0. The first-order valence-electron chi connectivity index (χ1n) is 8.71. The minimum absolute atomic E-state index is 0.0385. The van der Waals surface area contributed by atoms with Crippen LogP contribution in [0, 0.1) is 0 Å². The van der Waals surface area contributed by atoms with E-state index < -0.39 is 17.9 Å². The molecule has 1 rings (SSSR count). The normalized spacial score (nSPS) is 12.7. The number of aliphatic carboxylic acids is 1. The van der Waals surface area contributed by atoms with Gasteiger partial charge in [0, 0.05) is 25.7 Å². The SMILES string of the molecule is CCC(=O)CC[C@H](NC(=O)CCC(=O)N[C@H](C)c1ccccc1)C(=O)O. The third-order valence-corrected chi connectivity index (χ3v) is 4.00. The van der Waals surface area contributed by atoms with Gasteiger partial charge in [-0.1, -0.05) is 37.3 Å². The highest BCUT2D eigenvalue weighted by Crippen LogP contribution is 2.11. The fourth-order valence-corrected chi connectivity index (χ4v) is 2.37. The average molecular weight is 362 g/mol. The Bertz CT molecular complexity index is 630. The van der Waals surface area contributed by atoms with E-state index in [1.807, 2.05) is 37.3 Å². The minimum Gasteiger partial charge on any atom is -0.480 e. The number of nitrogens with one attached hydrogen (secondary N) is 2. The number of carbonyl (C=O) groups is 4. The van der Waals surface area contributed by atoms with E-state index in [1.54, 1.807) is 6.92 Å². The van der Waals surface area contributed by atoms with Gasteiger partial charge in [0.15, 0.2) is 0 Å². The van der Waals surface area contributed by atoms with Gasteiger partial charge in [-0.15, -0.1) is 0 Å². The van der Waals surface area contributed by atoms with Crippen molar-refractivity contribution < 1.29 is 24.3 Å². The molecule has 0 heterocycles. The van der Waals surface area contributed by atoms with E-state index in [2.05, 4.69) is 10.6 Å². The Kier molecular flexibility index (Phi) is 9.05. The van der Waals surface area contributed by atoms with Crippen LogP contribution in [0.3, 0.4) is 0 Å². The molecule has 0 aromatic heterocycles. The molecule has 1 aromatic rings. The van der Waals surface area contributed by atoms with Crippen LogP contribution in [0.2, 0.25) is 0 Å². The Morgan fingerprint density at radius 1 is 0.962 bits per heavy atom. The second kappa shape index (κ2) is 11.0. The summed E-state index contributed by atoms with van der Waals surface area (Å²) in [6.45, 7) is 3.55. The number of rotatable bonds is 11. The molecule has 7 heteroatoms.